The monoisotopic (exact) mass is 558 g/mol. The van der Waals surface area contributed by atoms with E-state index in [4.69, 9.17) is 14.2 Å². The van der Waals surface area contributed by atoms with Crippen LogP contribution in [0.15, 0.2) is 66.9 Å². The Morgan fingerprint density at radius 1 is 1.00 bits per heavy atom. The van der Waals surface area contributed by atoms with Crippen LogP contribution in [0, 0.1) is 0 Å². The number of hydrogen-bond donors (Lipinski definition) is 2. The number of H-pyrrole nitrogens is 1. The van der Waals surface area contributed by atoms with Gasteiger partial charge in [0.2, 0.25) is 5.88 Å². The number of esters is 1. The van der Waals surface area contributed by atoms with Gasteiger partial charge in [-0.15, -0.1) is 0 Å². The van der Waals surface area contributed by atoms with Crippen LogP contribution in [-0.2, 0) is 20.9 Å². The number of ether oxygens (including phenoxy) is 3. The topological polar surface area (TPSA) is 115 Å². The molecule has 216 valence electrons. The summed E-state index contributed by atoms with van der Waals surface area (Å²) >= 11 is 0. The maximum absolute atomic E-state index is 12.8. The van der Waals surface area contributed by atoms with E-state index in [0.29, 0.717) is 31.0 Å². The van der Waals surface area contributed by atoms with Crippen LogP contribution in [0.4, 0.5) is 4.79 Å². The molecule has 0 spiro atoms. The number of carbonyl (C=O) groups excluding carboxylic acids is 2. The zero-order chi connectivity index (χ0) is 29.2. The van der Waals surface area contributed by atoms with Crippen molar-refractivity contribution in [3.05, 3.63) is 78.2 Å². The van der Waals surface area contributed by atoms with Gasteiger partial charge in [-0.2, -0.15) is 0 Å². The van der Waals surface area contributed by atoms with Crippen molar-refractivity contribution in [2.75, 3.05) is 7.11 Å². The van der Waals surface area contributed by atoms with E-state index >= 15 is 0 Å². The Morgan fingerprint density at radius 2 is 1.76 bits per heavy atom. The lowest BCUT2D eigenvalue weighted by atomic mass is 10.1. The third kappa shape index (κ3) is 8.79. The molecule has 2 aromatic carbocycles. The number of aromatic nitrogens is 3. The number of nitrogens with one attached hydrogen (secondary N) is 2. The van der Waals surface area contributed by atoms with E-state index in [9.17, 15) is 9.59 Å². The number of methoxy groups -OCH3 is 1. The van der Waals surface area contributed by atoms with Gasteiger partial charge >= 0.3 is 12.1 Å². The van der Waals surface area contributed by atoms with Crippen molar-refractivity contribution in [2.24, 2.45) is 0 Å². The van der Waals surface area contributed by atoms with Crippen molar-refractivity contribution < 1.29 is 23.8 Å². The summed E-state index contributed by atoms with van der Waals surface area (Å²) in [5, 5.41) is 3.94. The molecule has 9 heteroatoms. The molecule has 4 rings (SSSR count). The van der Waals surface area contributed by atoms with E-state index in [-0.39, 0.29) is 12.6 Å². The maximum Gasteiger partial charge on any atom is 0.408 e. The van der Waals surface area contributed by atoms with E-state index in [1.54, 1.807) is 13.3 Å². The number of para-hydroxylation sites is 1. The number of pyridine rings is 1. The maximum atomic E-state index is 12.8. The number of imidazole rings is 1. The average Bonchev–Trinajstić information content (AvgIpc) is 3.44. The molecule has 0 aliphatic heterocycles. The first-order valence-corrected chi connectivity index (χ1v) is 13.9. The Morgan fingerprint density at radius 3 is 2.51 bits per heavy atom. The average molecular weight is 559 g/mol. The summed E-state index contributed by atoms with van der Waals surface area (Å²) < 4.78 is 16.4. The van der Waals surface area contributed by atoms with Crippen molar-refractivity contribution in [2.45, 2.75) is 71.1 Å². The highest BCUT2D eigenvalue weighted by Gasteiger charge is 2.21. The number of alkyl carbamates (subject to hydrolysis) is 1. The first kappa shape index (κ1) is 29.6. The van der Waals surface area contributed by atoms with Crippen molar-refractivity contribution in [3.63, 3.8) is 0 Å². The number of rotatable bonds is 12. The highest BCUT2D eigenvalue weighted by Crippen LogP contribution is 2.31. The standard InChI is InChI=1S/C32H38N4O5/c1-32(2,3)41-28(37)18-10-6-9-17-26(36-31(38)40-21-22-13-7-5-8-14-22)29-33-20-27(34-29)24-19-23-15-11-12-16-25(23)35-30(24)39-4/h5,7-8,11-16,19-20,26H,6,9-10,17-18,21H2,1-4H3,(H,33,34)(H,36,38). The van der Waals surface area contributed by atoms with Gasteiger partial charge in [0.1, 0.15) is 18.0 Å². The van der Waals surface area contributed by atoms with Gasteiger partial charge in [0.25, 0.3) is 0 Å². The molecule has 0 aliphatic rings. The quantitative estimate of drug-likeness (QED) is 0.144. The second-order valence-electron chi connectivity index (χ2n) is 10.9. The lowest BCUT2D eigenvalue weighted by Crippen LogP contribution is -2.30. The number of amides is 1. The molecule has 2 N–H and O–H groups in total. The molecule has 0 fully saturated rings. The molecule has 0 bridgehead atoms. The van der Waals surface area contributed by atoms with Crippen molar-refractivity contribution in [1.82, 2.24) is 20.3 Å². The molecule has 1 unspecified atom stereocenters. The van der Waals surface area contributed by atoms with Crippen molar-refractivity contribution in [1.29, 1.82) is 0 Å². The minimum atomic E-state index is -0.532. The summed E-state index contributed by atoms with van der Waals surface area (Å²) in [7, 11) is 1.59. The van der Waals surface area contributed by atoms with Crippen molar-refractivity contribution in [3.8, 4) is 17.1 Å². The molecule has 0 saturated heterocycles. The summed E-state index contributed by atoms with van der Waals surface area (Å²) in [5.41, 5.74) is 2.74. The minimum absolute atomic E-state index is 0.165. The highest BCUT2D eigenvalue weighted by molar-refractivity contribution is 5.85. The predicted octanol–water partition coefficient (Wildman–Crippen LogP) is 6.89. The Hall–Kier alpha value is -4.40. The predicted molar refractivity (Wildman–Crippen MR) is 157 cm³/mol. The highest BCUT2D eigenvalue weighted by atomic mass is 16.6. The van der Waals surface area contributed by atoms with Gasteiger partial charge < -0.3 is 24.5 Å². The van der Waals surface area contributed by atoms with Gasteiger partial charge in [-0.1, -0.05) is 61.4 Å². The Balaban J connectivity index is 1.45. The number of carbonyl (C=O) groups is 2. The molecular formula is C32H38N4O5. The molecule has 1 amide bonds. The van der Waals surface area contributed by atoms with Gasteiger partial charge in [0, 0.05) is 11.8 Å². The molecule has 1 atom stereocenters. The van der Waals surface area contributed by atoms with Crippen LogP contribution < -0.4 is 10.1 Å². The fourth-order valence-electron chi connectivity index (χ4n) is 4.47. The molecule has 0 aliphatic carbocycles. The number of benzene rings is 2. The van der Waals surface area contributed by atoms with Crippen LogP contribution in [0.3, 0.4) is 0 Å². The van der Waals surface area contributed by atoms with E-state index in [1.807, 2.05) is 81.4 Å². The number of unbranched alkanes of at least 4 members (excludes halogenated alkanes) is 2. The molecule has 9 nitrogen and oxygen atoms in total. The van der Waals surface area contributed by atoms with Crippen LogP contribution in [-0.4, -0.2) is 39.7 Å². The summed E-state index contributed by atoms with van der Waals surface area (Å²) in [6.07, 6.45) is 4.41. The number of nitrogens with zero attached hydrogens (tertiary/aromatic N) is 2. The summed E-state index contributed by atoms with van der Waals surface area (Å²) in [6, 6.07) is 18.9. The van der Waals surface area contributed by atoms with E-state index in [0.717, 1.165) is 40.6 Å². The van der Waals surface area contributed by atoms with Gasteiger partial charge in [-0.05, 0) is 51.3 Å². The number of aromatic amines is 1. The summed E-state index contributed by atoms with van der Waals surface area (Å²) in [5.74, 6) is 0.872. The Kier molecular flexibility index (Phi) is 9.95. The van der Waals surface area contributed by atoms with Crippen LogP contribution in [0.1, 0.15) is 70.3 Å². The molecule has 0 radical (unpaired) electrons. The number of fused-ring (bicyclic) bond motifs is 1. The number of hydrogen-bond acceptors (Lipinski definition) is 7. The van der Waals surface area contributed by atoms with E-state index in [1.165, 1.54) is 0 Å². The van der Waals surface area contributed by atoms with E-state index in [2.05, 4.69) is 20.3 Å². The molecule has 41 heavy (non-hydrogen) atoms. The molecule has 2 heterocycles. The fourth-order valence-corrected chi connectivity index (χ4v) is 4.47. The van der Waals surface area contributed by atoms with Crippen LogP contribution in [0.25, 0.3) is 22.2 Å². The van der Waals surface area contributed by atoms with Gasteiger partial charge in [-0.25, -0.2) is 14.8 Å². The van der Waals surface area contributed by atoms with Crippen LogP contribution in [0.2, 0.25) is 0 Å². The normalized spacial score (nSPS) is 12.1. The van der Waals surface area contributed by atoms with Gasteiger partial charge in [0.05, 0.1) is 36.1 Å². The van der Waals surface area contributed by atoms with Crippen LogP contribution in [0.5, 0.6) is 5.88 Å². The summed E-state index contributed by atoms with van der Waals surface area (Å²) in [4.78, 5) is 37.4. The summed E-state index contributed by atoms with van der Waals surface area (Å²) in [6.45, 7) is 5.75. The van der Waals surface area contributed by atoms with Gasteiger partial charge in [-0.3, -0.25) is 4.79 Å². The lowest BCUT2D eigenvalue weighted by Gasteiger charge is -2.19. The zero-order valence-corrected chi connectivity index (χ0v) is 24.1. The molecule has 4 aromatic rings. The Bertz CT molecular complexity index is 1450. The molecule has 2 aromatic heterocycles. The van der Waals surface area contributed by atoms with Gasteiger partial charge in [0.15, 0.2) is 0 Å². The largest absolute Gasteiger partial charge is 0.480 e. The second kappa shape index (κ2) is 13.8. The third-order valence-corrected chi connectivity index (χ3v) is 6.40. The van der Waals surface area contributed by atoms with E-state index < -0.39 is 17.7 Å². The zero-order valence-electron chi connectivity index (χ0n) is 24.1. The SMILES string of the molecule is COc1nc2ccccc2cc1-c1cnc(C(CCCCCC(=O)OC(C)(C)C)NC(=O)OCc2ccccc2)[nH]1. The third-order valence-electron chi connectivity index (χ3n) is 6.40. The molecular weight excluding hydrogens is 520 g/mol. The first-order valence-electron chi connectivity index (χ1n) is 13.9. The second-order valence-corrected chi connectivity index (χ2v) is 10.9. The van der Waals surface area contributed by atoms with Crippen molar-refractivity contribution >= 4 is 23.0 Å². The molecule has 0 saturated carbocycles. The lowest BCUT2D eigenvalue weighted by molar-refractivity contribution is -0.154. The fraction of sp³-hybridized carbons (Fsp3) is 0.375. The smallest absolute Gasteiger partial charge is 0.408 e. The Labute approximate surface area is 240 Å². The first-order chi connectivity index (χ1) is 19.7. The van der Waals surface area contributed by atoms with Crippen LogP contribution >= 0.6 is 0 Å². The minimum Gasteiger partial charge on any atom is -0.480 e.